The second-order valence-electron chi connectivity index (χ2n) is 5.01. The van der Waals surface area contributed by atoms with Gasteiger partial charge in [-0.15, -0.1) is 0 Å². The van der Waals surface area contributed by atoms with Crippen LogP contribution in [0.15, 0.2) is 24.3 Å². The highest BCUT2D eigenvalue weighted by Gasteiger charge is 2.37. The average molecular weight is 232 g/mol. The van der Waals surface area contributed by atoms with Gasteiger partial charge in [-0.3, -0.25) is 4.79 Å². The Morgan fingerprint density at radius 1 is 1.24 bits per heavy atom. The zero-order valence-corrected chi connectivity index (χ0v) is 11.0. The number of fused-ring (bicyclic) bond motifs is 1. The van der Waals surface area contributed by atoms with Crippen molar-refractivity contribution in [2.75, 3.05) is 21.1 Å². The molecule has 0 saturated carbocycles. The number of nitrogens with zero attached hydrogens (tertiary/aromatic N) is 2. The monoisotopic (exact) mass is 232 g/mol. The van der Waals surface area contributed by atoms with Crippen LogP contribution in [-0.2, 0) is 11.2 Å². The molecule has 0 saturated heterocycles. The summed E-state index contributed by atoms with van der Waals surface area (Å²) in [6, 6.07) is 8.99. The van der Waals surface area contributed by atoms with Crippen molar-refractivity contribution in [1.29, 1.82) is 0 Å². The molecule has 0 aliphatic heterocycles. The number of rotatable bonds is 2. The predicted molar refractivity (Wildman–Crippen MR) is 68.8 cm³/mol. The summed E-state index contributed by atoms with van der Waals surface area (Å²) in [6.45, 7) is 1.63. The molecule has 2 rings (SSSR count). The molecule has 17 heavy (non-hydrogen) atoms. The molecule has 1 aliphatic rings. The molecule has 0 N–H and O–H groups in total. The summed E-state index contributed by atoms with van der Waals surface area (Å²) >= 11 is 0. The van der Waals surface area contributed by atoms with Crippen molar-refractivity contribution >= 4 is 5.91 Å². The first kappa shape index (κ1) is 12.1. The fourth-order valence-corrected chi connectivity index (χ4v) is 2.68. The van der Waals surface area contributed by atoms with Crippen LogP contribution >= 0.6 is 0 Å². The van der Waals surface area contributed by atoms with Crippen LogP contribution < -0.4 is 0 Å². The minimum Gasteiger partial charge on any atom is -0.337 e. The van der Waals surface area contributed by atoms with Crippen LogP contribution in [0.2, 0.25) is 0 Å². The maximum Gasteiger partial charge on any atom is 0.219 e. The van der Waals surface area contributed by atoms with Crippen LogP contribution in [0.5, 0.6) is 0 Å². The van der Waals surface area contributed by atoms with Gasteiger partial charge in [0.2, 0.25) is 5.91 Å². The van der Waals surface area contributed by atoms with E-state index >= 15 is 0 Å². The standard InChI is InChI=1S/C14H20N2O/c1-10(17)16(4)14-12-8-6-5-7-11(12)9-13(14)15(2)3/h5-8,13-14H,9H2,1-4H3. The van der Waals surface area contributed by atoms with E-state index in [9.17, 15) is 4.79 Å². The molecule has 2 unspecified atom stereocenters. The van der Waals surface area contributed by atoms with Crippen LogP contribution in [0.25, 0.3) is 0 Å². The van der Waals surface area contributed by atoms with Crippen molar-refractivity contribution in [3.05, 3.63) is 35.4 Å². The van der Waals surface area contributed by atoms with Crippen LogP contribution in [0, 0.1) is 0 Å². The van der Waals surface area contributed by atoms with Crippen molar-refractivity contribution in [3.63, 3.8) is 0 Å². The average Bonchev–Trinajstić information content (AvgIpc) is 2.67. The molecule has 92 valence electrons. The summed E-state index contributed by atoms with van der Waals surface area (Å²) in [5.74, 6) is 0.124. The molecule has 3 nitrogen and oxygen atoms in total. The first-order chi connectivity index (χ1) is 8.02. The van der Waals surface area contributed by atoms with Gasteiger partial charge in [0, 0.05) is 20.0 Å². The lowest BCUT2D eigenvalue weighted by atomic mass is 10.1. The topological polar surface area (TPSA) is 23.6 Å². The van der Waals surface area contributed by atoms with Gasteiger partial charge < -0.3 is 9.80 Å². The normalized spacial score (nSPS) is 22.6. The van der Waals surface area contributed by atoms with Gasteiger partial charge in [-0.05, 0) is 31.6 Å². The molecule has 1 aromatic carbocycles. The summed E-state index contributed by atoms with van der Waals surface area (Å²) in [5, 5.41) is 0. The number of carbonyl (C=O) groups excluding carboxylic acids is 1. The Hall–Kier alpha value is -1.35. The number of carbonyl (C=O) groups is 1. The molecule has 1 amide bonds. The maximum absolute atomic E-state index is 11.6. The third kappa shape index (κ3) is 2.07. The molecule has 1 aromatic rings. The van der Waals surface area contributed by atoms with Gasteiger partial charge in [0.1, 0.15) is 0 Å². The van der Waals surface area contributed by atoms with Crippen molar-refractivity contribution in [3.8, 4) is 0 Å². The molecule has 0 spiro atoms. The highest BCUT2D eigenvalue weighted by Crippen LogP contribution is 2.37. The van der Waals surface area contributed by atoms with E-state index in [2.05, 4.69) is 43.3 Å². The van der Waals surface area contributed by atoms with Crippen LogP contribution in [0.1, 0.15) is 24.1 Å². The summed E-state index contributed by atoms with van der Waals surface area (Å²) in [4.78, 5) is 15.7. The fraction of sp³-hybridized carbons (Fsp3) is 0.500. The van der Waals surface area contributed by atoms with Crippen molar-refractivity contribution in [2.24, 2.45) is 0 Å². The highest BCUT2D eigenvalue weighted by molar-refractivity contribution is 5.74. The van der Waals surface area contributed by atoms with E-state index < -0.39 is 0 Å². The minimum atomic E-state index is 0.124. The zero-order chi connectivity index (χ0) is 12.6. The van der Waals surface area contributed by atoms with Gasteiger partial charge in [-0.25, -0.2) is 0 Å². The van der Waals surface area contributed by atoms with E-state index in [0.717, 1.165) is 6.42 Å². The SMILES string of the molecule is CC(=O)N(C)C1c2ccccc2CC1N(C)C. The fourth-order valence-electron chi connectivity index (χ4n) is 2.68. The molecular formula is C14H20N2O. The Labute approximate surface area is 103 Å². The van der Waals surface area contributed by atoms with E-state index in [-0.39, 0.29) is 11.9 Å². The van der Waals surface area contributed by atoms with E-state index in [1.807, 2.05) is 11.9 Å². The Bertz CT molecular complexity index is 428. The molecule has 0 fully saturated rings. The smallest absolute Gasteiger partial charge is 0.219 e. The summed E-state index contributed by atoms with van der Waals surface area (Å²) in [6.07, 6.45) is 1.02. The Morgan fingerprint density at radius 2 is 1.88 bits per heavy atom. The third-order valence-electron chi connectivity index (χ3n) is 3.74. The first-order valence-electron chi connectivity index (χ1n) is 6.00. The van der Waals surface area contributed by atoms with E-state index in [1.165, 1.54) is 11.1 Å². The van der Waals surface area contributed by atoms with Crippen LogP contribution in [0.4, 0.5) is 0 Å². The Kier molecular flexibility index (Phi) is 3.20. The number of amides is 1. The molecule has 1 aliphatic carbocycles. The quantitative estimate of drug-likeness (QED) is 0.774. The van der Waals surface area contributed by atoms with Gasteiger partial charge in [0.15, 0.2) is 0 Å². The summed E-state index contributed by atoms with van der Waals surface area (Å²) in [5.41, 5.74) is 2.66. The molecule has 0 bridgehead atoms. The maximum atomic E-state index is 11.6. The van der Waals surface area contributed by atoms with Crippen molar-refractivity contribution in [2.45, 2.75) is 25.4 Å². The van der Waals surface area contributed by atoms with Crippen LogP contribution in [0.3, 0.4) is 0 Å². The third-order valence-corrected chi connectivity index (χ3v) is 3.74. The summed E-state index contributed by atoms with van der Waals surface area (Å²) in [7, 11) is 6.06. The molecule has 3 heteroatoms. The van der Waals surface area contributed by atoms with E-state index in [1.54, 1.807) is 6.92 Å². The molecule has 2 atom stereocenters. The minimum absolute atomic E-state index is 0.124. The van der Waals surface area contributed by atoms with E-state index in [4.69, 9.17) is 0 Å². The lowest BCUT2D eigenvalue weighted by molar-refractivity contribution is -0.130. The van der Waals surface area contributed by atoms with Gasteiger partial charge >= 0.3 is 0 Å². The van der Waals surface area contributed by atoms with Gasteiger partial charge in [0.05, 0.1) is 6.04 Å². The lowest BCUT2D eigenvalue weighted by Crippen LogP contribution is -2.41. The highest BCUT2D eigenvalue weighted by atomic mass is 16.2. The Morgan fingerprint density at radius 3 is 2.47 bits per heavy atom. The van der Waals surface area contributed by atoms with Crippen molar-refractivity contribution < 1.29 is 4.79 Å². The second-order valence-corrected chi connectivity index (χ2v) is 5.01. The van der Waals surface area contributed by atoms with Gasteiger partial charge in [-0.1, -0.05) is 24.3 Å². The van der Waals surface area contributed by atoms with E-state index in [0.29, 0.717) is 6.04 Å². The number of hydrogen-bond acceptors (Lipinski definition) is 2. The molecular weight excluding hydrogens is 212 g/mol. The number of hydrogen-bond donors (Lipinski definition) is 0. The van der Waals surface area contributed by atoms with Crippen LogP contribution in [-0.4, -0.2) is 42.9 Å². The number of benzene rings is 1. The predicted octanol–water partition coefficient (Wildman–Crippen LogP) is 1.69. The zero-order valence-electron chi connectivity index (χ0n) is 11.0. The second kappa shape index (κ2) is 4.49. The summed E-state index contributed by atoms with van der Waals surface area (Å²) < 4.78 is 0. The molecule has 0 heterocycles. The van der Waals surface area contributed by atoms with Crippen molar-refractivity contribution in [1.82, 2.24) is 9.80 Å². The van der Waals surface area contributed by atoms with Gasteiger partial charge in [0.25, 0.3) is 0 Å². The lowest BCUT2D eigenvalue weighted by Gasteiger charge is -2.33. The largest absolute Gasteiger partial charge is 0.337 e. The number of likely N-dealkylation sites (N-methyl/N-ethyl adjacent to an activating group) is 2. The first-order valence-corrected chi connectivity index (χ1v) is 6.00. The van der Waals surface area contributed by atoms with Gasteiger partial charge in [-0.2, -0.15) is 0 Å². The molecule has 0 radical (unpaired) electrons. The molecule has 0 aromatic heterocycles. The Balaban J connectivity index is 2.40.